The summed E-state index contributed by atoms with van der Waals surface area (Å²) in [5.74, 6) is -0.437. The largest absolute Gasteiger partial charge is 0.462 e. The van der Waals surface area contributed by atoms with Gasteiger partial charge in [0.25, 0.3) is 0 Å². The van der Waals surface area contributed by atoms with Crippen LogP contribution in [-0.4, -0.2) is 37.9 Å². The molecule has 1 atom stereocenters. The lowest BCUT2D eigenvalue weighted by Crippen LogP contribution is -2.30. The van der Waals surface area contributed by atoms with Gasteiger partial charge >= 0.3 is 11.9 Å². The molecule has 0 aromatic rings. The van der Waals surface area contributed by atoms with E-state index in [0.717, 1.165) is 109 Å². The summed E-state index contributed by atoms with van der Waals surface area (Å²) in [5, 5.41) is 0. The van der Waals surface area contributed by atoms with Crippen molar-refractivity contribution < 1.29 is 23.8 Å². The maximum Gasteiger partial charge on any atom is 0.306 e. The zero-order valence-corrected chi connectivity index (χ0v) is 36.6. The topological polar surface area (TPSA) is 61.8 Å². The van der Waals surface area contributed by atoms with E-state index in [4.69, 9.17) is 14.2 Å². The van der Waals surface area contributed by atoms with E-state index in [1.165, 1.54) is 57.8 Å². The highest BCUT2D eigenvalue weighted by Crippen LogP contribution is 2.12. The summed E-state index contributed by atoms with van der Waals surface area (Å²) in [7, 11) is 0. The van der Waals surface area contributed by atoms with Gasteiger partial charge in [-0.1, -0.05) is 183 Å². The Hall–Kier alpha value is -2.92. The van der Waals surface area contributed by atoms with E-state index in [1.807, 2.05) is 0 Å². The smallest absolute Gasteiger partial charge is 0.306 e. The molecule has 0 radical (unpaired) electrons. The SMILES string of the molecule is CC/C=C\C/C=C\C/C=C\C/C=C\CCCCCCCOCC(COC(=O)CCCCCCCCC/C=C\C/C=C\C/C=C\CC)OC(=O)CCCCCCC. The van der Waals surface area contributed by atoms with E-state index in [2.05, 4.69) is 106 Å². The van der Waals surface area contributed by atoms with Crippen molar-refractivity contribution in [2.45, 2.75) is 207 Å². The van der Waals surface area contributed by atoms with Gasteiger partial charge in [0, 0.05) is 19.4 Å². The van der Waals surface area contributed by atoms with Gasteiger partial charge < -0.3 is 14.2 Å². The van der Waals surface area contributed by atoms with Crippen LogP contribution in [0, 0.1) is 0 Å². The Bertz CT molecular complexity index is 1060. The molecule has 0 saturated heterocycles. The van der Waals surface area contributed by atoms with Crippen molar-refractivity contribution in [3.8, 4) is 0 Å². The zero-order valence-electron chi connectivity index (χ0n) is 36.6. The third-order valence-electron chi connectivity index (χ3n) is 9.43. The Labute approximate surface area is 346 Å². The van der Waals surface area contributed by atoms with Crippen LogP contribution < -0.4 is 0 Å². The highest BCUT2D eigenvalue weighted by atomic mass is 16.6. The molecule has 0 bridgehead atoms. The molecule has 56 heavy (non-hydrogen) atoms. The van der Waals surface area contributed by atoms with Crippen LogP contribution in [-0.2, 0) is 23.8 Å². The molecule has 0 aromatic heterocycles. The van der Waals surface area contributed by atoms with Crippen LogP contribution in [0.1, 0.15) is 201 Å². The highest BCUT2D eigenvalue weighted by molar-refractivity contribution is 5.70. The number of hydrogen-bond acceptors (Lipinski definition) is 5. The van der Waals surface area contributed by atoms with Crippen molar-refractivity contribution in [1.29, 1.82) is 0 Å². The molecule has 0 N–H and O–H groups in total. The molecular weight excluding hydrogens is 693 g/mol. The summed E-state index contributed by atoms with van der Waals surface area (Å²) >= 11 is 0. The fourth-order valence-corrected chi connectivity index (χ4v) is 6.04. The van der Waals surface area contributed by atoms with Gasteiger partial charge in [-0.3, -0.25) is 9.59 Å². The summed E-state index contributed by atoms with van der Waals surface area (Å²) in [6.07, 6.45) is 60.4. The lowest BCUT2D eigenvalue weighted by atomic mass is 10.1. The second-order valence-electron chi connectivity index (χ2n) is 14.9. The van der Waals surface area contributed by atoms with Gasteiger partial charge in [-0.25, -0.2) is 0 Å². The zero-order chi connectivity index (χ0) is 40.7. The second-order valence-corrected chi connectivity index (χ2v) is 14.9. The van der Waals surface area contributed by atoms with Gasteiger partial charge in [0.1, 0.15) is 6.61 Å². The highest BCUT2D eigenvalue weighted by Gasteiger charge is 2.17. The molecule has 0 aliphatic heterocycles. The lowest BCUT2D eigenvalue weighted by Gasteiger charge is -2.18. The molecule has 0 aliphatic carbocycles. The Kier molecular flexibility index (Phi) is 44.0. The first-order chi connectivity index (χ1) is 27.6. The molecule has 0 rings (SSSR count). The van der Waals surface area contributed by atoms with Gasteiger partial charge in [-0.15, -0.1) is 0 Å². The number of rotatable bonds is 41. The predicted octanol–water partition coefficient (Wildman–Crippen LogP) is 15.3. The summed E-state index contributed by atoms with van der Waals surface area (Å²) < 4.78 is 17.2. The normalized spacial score (nSPS) is 13.0. The van der Waals surface area contributed by atoms with Crippen molar-refractivity contribution in [2.24, 2.45) is 0 Å². The monoisotopic (exact) mass is 779 g/mol. The van der Waals surface area contributed by atoms with Gasteiger partial charge in [-0.2, -0.15) is 0 Å². The fraction of sp³-hybridized carbons (Fsp3) is 0.686. The quantitative estimate of drug-likeness (QED) is 0.0351. The number of ether oxygens (including phenoxy) is 3. The van der Waals surface area contributed by atoms with Crippen molar-refractivity contribution in [2.75, 3.05) is 19.8 Å². The molecule has 0 aromatic carbocycles. The molecule has 5 nitrogen and oxygen atoms in total. The molecule has 1 unspecified atom stereocenters. The van der Waals surface area contributed by atoms with E-state index < -0.39 is 6.10 Å². The van der Waals surface area contributed by atoms with Crippen molar-refractivity contribution in [3.05, 3.63) is 85.1 Å². The minimum absolute atomic E-state index is 0.0682. The molecule has 5 heteroatoms. The average molecular weight is 779 g/mol. The lowest BCUT2D eigenvalue weighted by molar-refractivity contribution is -0.163. The van der Waals surface area contributed by atoms with Crippen LogP contribution in [0.25, 0.3) is 0 Å². The number of allylic oxidation sites excluding steroid dienone is 14. The molecule has 0 fully saturated rings. The minimum atomic E-state index is -0.549. The van der Waals surface area contributed by atoms with E-state index in [0.29, 0.717) is 19.4 Å². The number of carbonyl (C=O) groups is 2. The summed E-state index contributed by atoms with van der Waals surface area (Å²) in [6, 6.07) is 0. The van der Waals surface area contributed by atoms with Crippen LogP contribution in [0.5, 0.6) is 0 Å². The van der Waals surface area contributed by atoms with E-state index in [1.54, 1.807) is 0 Å². The first-order valence-corrected chi connectivity index (χ1v) is 23.1. The fourth-order valence-electron chi connectivity index (χ4n) is 6.04. The van der Waals surface area contributed by atoms with E-state index >= 15 is 0 Å². The third-order valence-corrected chi connectivity index (χ3v) is 9.43. The van der Waals surface area contributed by atoms with Crippen LogP contribution in [0.3, 0.4) is 0 Å². The van der Waals surface area contributed by atoms with Crippen LogP contribution >= 0.6 is 0 Å². The maximum atomic E-state index is 12.5. The van der Waals surface area contributed by atoms with Crippen molar-refractivity contribution in [3.63, 3.8) is 0 Å². The second kappa shape index (κ2) is 46.5. The number of unbranched alkanes of at least 4 members (excludes halogenated alkanes) is 16. The van der Waals surface area contributed by atoms with E-state index in [9.17, 15) is 9.59 Å². The first kappa shape index (κ1) is 53.1. The Morgan fingerprint density at radius 1 is 0.411 bits per heavy atom. The molecule has 0 heterocycles. The molecule has 0 amide bonds. The molecule has 320 valence electrons. The number of esters is 2. The Morgan fingerprint density at radius 3 is 1.29 bits per heavy atom. The number of hydrogen-bond donors (Lipinski definition) is 0. The van der Waals surface area contributed by atoms with Crippen LogP contribution in [0.2, 0.25) is 0 Å². The van der Waals surface area contributed by atoms with Gasteiger partial charge in [-0.05, 0) is 89.9 Å². The minimum Gasteiger partial charge on any atom is -0.462 e. The summed E-state index contributed by atoms with van der Waals surface area (Å²) in [5.41, 5.74) is 0. The standard InChI is InChI=1S/C51H86O5/c1-4-7-10-13-15-17-19-21-23-25-27-29-31-33-35-37-40-43-46-54-47-49(56-51(53)45-42-38-12-9-6-3)48-55-50(52)44-41-39-36-34-32-30-28-26-24-22-20-18-16-14-11-8-5-2/h7-8,10-11,15-18,21-24,27,29,49H,4-6,9,12-14,19-20,25-26,28,30-48H2,1-3H3/b10-7-,11-8-,17-15-,18-16-,23-21-,24-22-,29-27-. The Balaban J connectivity index is 4.11. The van der Waals surface area contributed by atoms with Crippen molar-refractivity contribution in [1.82, 2.24) is 0 Å². The van der Waals surface area contributed by atoms with Crippen LogP contribution in [0.15, 0.2) is 85.1 Å². The van der Waals surface area contributed by atoms with Gasteiger partial charge in [0.2, 0.25) is 0 Å². The van der Waals surface area contributed by atoms with E-state index in [-0.39, 0.29) is 25.2 Å². The summed E-state index contributed by atoms with van der Waals surface area (Å²) in [6.45, 7) is 7.47. The molecule has 0 aliphatic rings. The molecular formula is C51H86O5. The molecule has 0 spiro atoms. The molecule has 0 saturated carbocycles. The van der Waals surface area contributed by atoms with Crippen LogP contribution in [0.4, 0.5) is 0 Å². The van der Waals surface area contributed by atoms with Crippen molar-refractivity contribution >= 4 is 11.9 Å². The van der Waals surface area contributed by atoms with Gasteiger partial charge in [0.15, 0.2) is 6.10 Å². The summed E-state index contributed by atoms with van der Waals surface area (Å²) in [4.78, 5) is 25.0. The average Bonchev–Trinajstić information content (AvgIpc) is 3.20. The number of carbonyl (C=O) groups excluding carboxylic acids is 2. The Morgan fingerprint density at radius 2 is 0.804 bits per heavy atom. The maximum absolute atomic E-state index is 12.5. The third kappa shape index (κ3) is 43.8. The predicted molar refractivity (Wildman–Crippen MR) is 242 cm³/mol. The first-order valence-electron chi connectivity index (χ1n) is 23.1. The van der Waals surface area contributed by atoms with Gasteiger partial charge in [0.05, 0.1) is 6.61 Å².